The van der Waals surface area contributed by atoms with Crippen LogP contribution in [0.2, 0.25) is 0 Å². The van der Waals surface area contributed by atoms with Crippen molar-refractivity contribution in [3.05, 3.63) is 35.9 Å². The van der Waals surface area contributed by atoms with Crippen molar-refractivity contribution in [3.63, 3.8) is 0 Å². The average molecular weight is 578 g/mol. The Bertz CT molecular complexity index is 1030. The van der Waals surface area contributed by atoms with Crippen LogP contribution >= 0.6 is 0 Å². The maximum absolute atomic E-state index is 13.3. The number of rotatable bonds is 20. The first-order valence-electron chi connectivity index (χ1n) is 13.4. The maximum Gasteiger partial charge on any atom is 0.326 e. The van der Waals surface area contributed by atoms with Crippen LogP contribution in [0.4, 0.5) is 0 Å². The molecular weight excluding hydrogens is 534 g/mol. The summed E-state index contributed by atoms with van der Waals surface area (Å²) >= 11 is 0. The van der Waals surface area contributed by atoms with E-state index in [1.807, 2.05) is 30.3 Å². The molecule has 0 aliphatic heterocycles. The van der Waals surface area contributed by atoms with Crippen molar-refractivity contribution >= 4 is 35.6 Å². The molecule has 1 rings (SSSR count). The largest absolute Gasteiger partial charge is 0.480 e. The number of hydrogen-bond donors (Lipinski definition) is 9. The van der Waals surface area contributed by atoms with Crippen LogP contribution < -0.4 is 44.6 Å². The number of nitrogens with one attached hydrogen (secondary N) is 3. The Hall–Kier alpha value is -4.24. The first kappa shape index (κ1) is 34.8. The number of aliphatic imine (C=N–C) groups is 1. The number of guanidine groups is 1. The van der Waals surface area contributed by atoms with Gasteiger partial charge >= 0.3 is 5.97 Å². The molecule has 15 nitrogen and oxygen atoms in total. The van der Waals surface area contributed by atoms with Gasteiger partial charge in [0.25, 0.3) is 0 Å². The van der Waals surface area contributed by atoms with Crippen LogP contribution in [0.3, 0.4) is 0 Å². The molecule has 1 aromatic carbocycles. The van der Waals surface area contributed by atoms with Crippen molar-refractivity contribution in [2.45, 2.75) is 75.5 Å². The van der Waals surface area contributed by atoms with Gasteiger partial charge in [0, 0.05) is 13.0 Å². The van der Waals surface area contributed by atoms with E-state index in [4.69, 9.17) is 28.7 Å². The van der Waals surface area contributed by atoms with Crippen LogP contribution in [0, 0.1) is 0 Å². The van der Waals surface area contributed by atoms with E-state index in [2.05, 4.69) is 20.9 Å². The normalized spacial score (nSPS) is 13.6. The van der Waals surface area contributed by atoms with Gasteiger partial charge in [-0.3, -0.25) is 24.2 Å². The Morgan fingerprint density at radius 1 is 0.780 bits per heavy atom. The molecule has 0 bridgehead atoms. The van der Waals surface area contributed by atoms with Crippen LogP contribution in [0.1, 0.15) is 50.5 Å². The highest BCUT2D eigenvalue weighted by Gasteiger charge is 2.30. The van der Waals surface area contributed by atoms with Crippen molar-refractivity contribution in [3.8, 4) is 0 Å². The summed E-state index contributed by atoms with van der Waals surface area (Å²) < 4.78 is 0. The number of benzene rings is 1. The fourth-order valence-corrected chi connectivity index (χ4v) is 3.86. The van der Waals surface area contributed by atoms with Gasteiger partial charge in [-0.1, -0.05) is 30.3 Å². The highest BCUT2D eigenvalue weighted by Crippen LogP contribution is 2.08. The molecule has 0 saturated carbocycles. The zero-order chi connectivity index (χ0) is 30.8. The van der Waals surface area contributed by atoms with E-state index in [0.717, 1.165) is 5.56 Å². The van der Waals surface area contributed by atoms with E-state index in [1.165, 1.54) is 0 Å². The third-order valence-corrected chi connectivity index (χ3v) is 6.09. The van der Waals surface area contributed by atoms with Crippen molar-refractivity contribution in [1.82, 2.24) is 16.0 Å². The van der Waals surface area contributed by atoms with Gasteiger partial charge in [0.1, 0.15) is 18.1 Å². The lowest BCUT2D eigenvalue weighted by Gasteiger charge is -2.25. The summed E-state index contributed by atoms with van der Waals surface area (Å²) in [5.74, 6) is -4.27. The molecule has 4 amide bonds. The second kappa shape index (κ2) is 18.9. The third-order valence-electron chi connectivity index (χ3n) is 6.09. The third kappa shape index (κ3) is 14.6. The Morgan fingerprint density at radius 2 is 1.34 bits per heavy atom. The molecule has 0 radical (unpaired) electrons. The summed E-state index contributed by atoms with van der Waals surface area (Å²) in [4.78, 5) is 66.0. The van der Waals surface area contributed by atoms with E-state index < -0.39 is 53.8 Å². The molecule has 1 aromatic rings. The molecule has 0 heterocycles. The number of carboxylic acid groups (broad SMARTS) is 1. The van der Waals surface area contributed by atoms with Crippen molar-refractivity contribution < 1.29 is 29.1 Å². The molecule has 0 aliphatic rings. The van der Waals surface area contributed by atoms with Gasteiger partial charge < -0.3 is 49.7 Å². The minimum Gasteiger partial charge on any atom is -0.480 e. The average Bonchev–Trinajstić information content (AvgIpc) is 2.91. The molecule has 0 fully saturated rings. The summed E-state index contributed by atoms with van der Waals surface area (Å²) in [6.45, 7) is 0.527. The number of carbonyl (C=O) groups is 5. The first-order valence-corrected chi connectivity index (χ1v) is 13.4. The number of primary amides is 1. The number of carbonyl (C=O) groups excluding carboxylic acids is 4. The molecule has 0 aliphatic carbocycles. The lowest BCUT2D eigenvalue weighted by molar-refractivity contribution is -0.142. The van der Waals surface area contributed by atoms with Crippen molar-refractivity contribution in [1.29, 1.82) is 0 Å². The molecule has 14 N–H and O–H groups in total. The summed E-state index contributed by atoms with van der Waals surface area (Å²) in [7, 11) is 0. The fraction of sp³-hybridized carbons (Fsp3) is 0.538. The monoisotopic (exact) mass is 577 g/mol. The Labute approximate surface area is 239 Å². The second-order valence-corrected chi connectivity index (χ2v) is 9.56. The lowest BCUT2D eigenvalue weighted by Crippen LogP contribution is -2.57. The number of carboxylic acids is 1. The quantitative estimate of drug-likeness (QED) is 0.0447. The van der Waals surface area contributed by atoms with Crippen LogP contribution in [0.5, 0.6) is 0 Å². The van der Waals surface area contributed by atoms with Gasteiger partial charge in [-0.25, -0.2) is 4.79 Å². The number of hydrogen-bond acceptors (Lipinski definition) is 8. The van der Waals surface area contributed by atoms with Gasteiger partial charge in [0.2, 0.25) is 23.6 Å². The molecule has 228 valence electrons. The summed E-state index contributed by atoms with van der Waals surface area (Å²) in [6.07, 6.45) is 1.35. The van der Waals surface area contributed by atoms with Crippen molar-refractivity contribution in [2.24, 2.45) is 33.7 Å². The fourth-order valence-electron chi connectivity index (χ4n) is 3.86. The number of nitrogens with two attached hydrogens (primary N) is 5. The predicted molar refractivity (Wildman–Crippen MR) is 153 cm³/mol. The van der Waals surface area contributed by atoms with E-state index in [0.29, 0.717) is 19.4 Å². The van der Waals surface area contributed by atoms with Gasteiger partial charge in [0.15, 0.2) is 5.96 Å². The molecule has 41 heavy (non-hydrogen) atoms. The number of nitrogens with zero attached hydrogens (tertiary/aromatic N) is 1. The molecule has 4 atom stereocenters. The Morgan fingerprint density at radius 3 is 1.90 bits per heavy atom. The number of aliphatic carboxylic acids is 1. The molecule has 0 saturated heterocycles. The minimum atomic E-state index is -1.30. The standard InChI is InChI=1S/C26H43N9O6/c27-13-5-4-9-18(33-22(37)17(28)15-16-7-2-1-3-8-16)23(38)34-19(11-12-21(29)36)24(39)35-20(25(40)41)10-6-14-32-26(30)31/h1-3,7-8,17-20H,4-6,9-15,27-28H2,(H2,29,36)(H,33,37)(H,34,38)(H,35,39)(H,40,41)(H4,30,31,32). The molecule has 0 aromatic heterocycles. The number of unbranched alkanes of at least 4 members (excludes halogenated alkanes) is 1. The van der Waals surface area contributed by atoms with Crippen LogP contribution in [-0.4, -0.2) is 77.9 Å². The first-order chi connectivity index (χ1) is 19.4. The predicted octanol–water partition coefficient (Wildman–Crippen LogP) is -2.46. The van der Waals surface area contributed by atoms with E-state index >= 15 is 0 Å². The smallest absolute Gasteiger partial charge is 0.326 e. The molecule has 4 unspecified atom stereocenters. The van der Waals surface area contributed by atoms with Crippen LogP contribution in [0.25, 0.3) is 0 Å². The highest BCUT2D eigenvalue weighted by molar-refractivity contribution is 5.94. The van der Waals surface area contributed by atoms with E-state index in [1.54, 1.807) is 0 Å². The zero-order valence-corrected chi connectivity index (χ0v) is 23.1. The van der Waals surface area contributed by atoms with Gasteiger partial charge in [-0.05, 0) is 57.1 Å². The molecular formula is C26H43N9O6. The zero-order valence-electron chi connectivity index (χ0n) is 23.1. The second-order valence-electron chi connectivity index (χ2n) is 9.56. The van der Waals surface area contributed by atoms with E-state index in [-0.39, 0.29) is 51.0 Å². The minimum absolute atomic E-state index is 0.00537. The Kier molecular flexibility index (Phi) is 16.1. The maximum atomic E-state index is 13.3. The highest BCUT2D eigenvalue weighted by atomic mass is 16.4. The van der Waals surface area contributed by atoms with Gasteiger partial charge in [-0.2, -0.15) is 0 Å². The van der Waals surface area contributed by atoms with Gasteiger partial charge in [-0.15, -0.1) is 0 Å². The summed E-state index contributed by atoms with van der Waals surface area (Å²) in [5, 5.41) is 17.1. The van der Waals surface area contributed by atoms with E-state index in [9.17, 15) is 29.1 Å². The summed E-state index contributed by atoms with van der Waals surface area (Å²) in [5.41, 5.74) is 28.2. The Balaban J connectivity index is 2.98. The number of amides is 4. The van der Waals surface area contributed by atoms with Crippen molar-refractivity contribution in [2.75, 3.05) is 13.1 Å². The molecule has 15 heteroatoms. The van der Waals surface area contributed by atoms with Crippen LogP contribution in [0.15, 0.2) is 35.3 Å². The molecule has 0 spiro atoms. The van der Waals surface area contributed by atoms with Crippen LogP contribution in [-0.2, 0) is 30.4 Å². The topological polar surface area (TPSA) is 284 Å². The SMILES string of the molecule is NCCCCC(NC(=O)C(N)Cc1ccccc1)C(=O)NC(CCC(N)=O)C(=O)NC(CCCN=C(N)N)C(=O)O. The summed E-state index contributed by atoms with van der Waals surface area (Å²) in [6, 6.07) is 4.52. The lowest BCUT2D eigenvalue weighted by atomic mass is 10.0. The van der Waals surface area contributed by atoms with Gasteiger partial charge in [0.05, 0.1) is 6.04 Å².